The summed E-state index contributed by atoms with van der Waals surface area (Å²) in [6.45, 7) is 1.74. The second kappa shape index (κ2) is 9.27. The first-order valence-electron chi connectivity index (χ1n) is 9.87. The summed E-state index contributed by atoms with van der Waals surface area (Å²) in [7, 11) is 0. The van der Waals surface area contributed by atoms with Crippen molar-refractivity contribution >= 4 is 52.2 Å². The van der Waals surface area contributed by atoms with Crippen LogP contribution in [0.5, 0.6) is 0 Å². The predicted molar refractivity (Wildman–Crippen MR) is 127 cm³/mol. The minimum absolute atomic E-state index is 0.0401. The largest absolute Gasteiger partial charge is 0.478 e. The van der Waals surface area contributed by atoms with Crippen LogP contribution < -0.4 is 5.32 Å². The third-order valence-corrected chi connectivity index (χ3v) is 5.72. The average Bonchev–Trinajstić information content (AvgIpc) is 3.39. The number of amidine groups is 1. The molecule has 1 aliphatic rings. The van der Waals surface area contributed by atoms with E-state index in [4.69, 9.17) is 4.42 Å². The number of furan rings is 1. The van der Waals surface area contributed by atoms with Crippen LogP contribution in [0.4, 0.5) is 11.4 Å². The van der Waals surface area contributed by atoms with Gasteiger partial charge < -0.3 is 19.9 Å². The quantitative estimate of drug-likeness (QED) is 0.255. The van der Waals surface area contributed by atoms with E-state index in [1.165, 1.54) is 24.3 Å². The highest BCUT2D eigenvalue weighted by Gasteiger charge is 2.25. The maximum absolute atomic E-state index is 12.4. The SMILES string of the molecule is Cc1ccc(-c2ccc(/C=C3/SC(=Nc4cc(C(=O)O)cc(C(=O)O)c4)NC3=O)o2)c([N+](=O)[O-])c1. The van der Waals surface area contributed by atoms with E-state index in [-0.39, 0.29) is 44.1 Å². The van der Waals surface area contributed by atoms with Gasteiger partial charge in [-0.15, -0.1) is 0 Å². The van der Waals surface area contributed by atoms with Crippen molar-refractivity contribution in [1.82, 2.24) is 5.32 Å². The number of hydrogen-bond donors (Lipinski definition) is 3. The van der Waals surface area contributed by atoms with Crippen LogP contribution in [0.3, 0.4) is 0 Å². The van der Waals surface area contributed by atoms with Crippen molar-refractivity contribution in [1.29, 1.82) is 0 Å². The number of rotatable bonds is 6. The second-order valence-electron chi connectivity index (χ2n) is 7.34. The number of nitro benzene ring substituents is 1. The van der Waals surface area contributed by atoms with E-state index < -0.39 is 22.8 Å². The van der Waals surface area contributed by atoms with Crippen LogP contribution in [0.1, 0.15) is 32.0 Å². The highest BCUT2D eigenvalue weighted by atomic mass is 32.2. The van der Waals surface area contributed by atoms with Crippen LogP contribution in [0.2, 0.25) is 0 Å². The van der Waals surface area contributed by atoms with Crippen molar-refractivity contribution in [3.63, 3.8) is 0 Å². The van der Waals surface area contributed by atoms with E-state index in [1.54, 1.807) is 31.2 Å². The summed E-state index contributed by atoms with van der Waals surface area (Å²) in [5, 5.41) is 32.4. The van der Waals surface area contributed by atoms with Gasteiger partial charge in [-0.2, -0.15) is 0 Å². The predicted octanol–water partition coefficient (Wildman–Crippen LogP) is 4.45. The van der Waals surface area contributed by atoms with Crippen LogP contribution in [0.25, 0.3) is 17.4 Å². The van der Waals surface area contributed by atoms with Gasteiger partial charge >= 0.3 is 11.9 Å². The smallest absolute Gasteiger partial charge is 0.335 e. The molecule has 35 heavy (non-hydrogen) atoms. The number of aromatic carboxylic acids is 2. The second-order valence-corrected chi connectivity index (χ2v) is 8.37. The lowest BCUT2D eigenvalue weighted by Gasteiger charge is -2.02. The van der Waals surface area contributed by atoms with E-state index >= 15 is 0 Å². The molecule has 0 atom stereocenters. The molecule has 11 nitrogen and oxygen atoms in total. The lowest BCUT2D eigenvalue weighted by Crippen LogP contribution is -2.19. The molecule has 2 heterocycles. The highest BCUT2D eigenvalue weighted by molar-refractivity contribution is 8.18. The Labute approximate surface area is 200 Å². The normalized spacial score (nSPS) is 15.4. The van der Waals surface area contributed by atoms with Gasteiger partial charge in [-0.1, -0.05) is 6.07 Å². The molecule has 1 amide bonds. The van der Waals surface area contributed by atoms with E-state index in [0.717, 1.165) is 23.4 Å². The highest BCUT2D eigenvalue weighted by Crippen LogP contribution is 2.34. The van der Waals surface area contributed by atoms with Gasteiger partial charge in [0.05, 0.1) is 32.2 Å². The van der Waals surface area contributed by atoms with E-state index in [1.807, 2.05) is 0 Å². The van der Waals surface area contributed by atoms with Crippen LogP contribution in [-0.4, -0.2) is 38.1 Å². The lowest BCUT2D eigenvalue weighted by atomic mass is 10.1. The zero-order chi connectivity index (χ0) is 25.3. The van der Waals surface area contributed by atoms with Crippen LogP contribution in [0, 0.1) is 17.0 Å². The first-order chi connectivity index (χ1) is 16.6. The Hall–Kier alpha value is -4.71. The number of hydrogen-bond acceptors (Lipinski definition) is 8. The molecule has 0 unspecified atom stereocenters. The fraction of sp³-hybridized carbons (Fsp3) is 0.0435. The number of nitro groups is 1. The zero-order valence-electron chi connectivity index (χ0n) is 17.8. The van der Waals surface area contributed by atoms with E-state index in [9.17, 15) is 34.7 Å². The molecule has 0 aliphatic carbocycles. The molecule has 4 rings (SSSR count). The third kappa shape index (κ3) is 5.12. The zero-order valence-corrected chi connectivity index (χ0v) is 18.7. The molecule has 176 valence electrons. The van der Waals surface area contributed by atoms with Crippen molar-refractivity contribution in [2.45, 2.75) is 6.92 Å². The molecular formula is C23H15N3O8S. The molecular weight excluding hydrogens is 478 g/mol. The van der Waals surface area contributed by atoms with Crippen LogP contribution in [0.15, 0.2) is 62.8 Å². The minimum Gasteiger partial charge on any atom is -0.478 e. The van der Waals surface area contributed by atoms with Crippen LogP contribution in [-0.2, 0) is 4.79 Å². The molecule has 1 saturated heterocycles. The monoisotopic (exact) mass is 493 g/mol. The number of aliphatic imine (C=N–C) groups is 1. The summed E-state index contributed by atoms with van der Waals surface area (Å²) < 4.78 is 5.70. The van der Waals surface area contributed by atoms with Gasteiger partial charge in [0.2, 0.25) is 0 Å². The Balaban J connectivity index is 1.61. The topological polar surface area (TPSA) is 172 Å². The van der Waals surface area contributed by atoms with Gasteiger partial charge in [-0.3, -0.25) is 14.9 Å². The minimum atomic E-state index is -1.32. The van der Waals surface area contributed by atoms with Crippen molar-refractivity contribution < 1.29 is 33.9 Å². The van der Waals surface area contributed by atoms with E-state index in [0.29, 0.717) is 5.56 Å². The van der Waals surface area contributed by atoms with Gasteiger partial charge in [-0.25, -0.2) is 14.6 Å². The van der Waals surface area contributed by atoms with Crippen molar-refractivity contribution in [3.8, 4) is 11.3 Å². The molecule has 1 fully saturated rings. The maximum Gasteiger partial charge on any atom is 0.335 e. The van der Waals surface area contributed by atoms with Crippen molar-refractivity contribution in [3.05, 3.63) is 86.0 Å². The summed E-state index contributed by atoms with van der Waals surface area (Å²) >= 11 is 0.939. The maximum atomic E-state index is 12.4. The van der Waals surface area contributed by atoms with E-state index in [2.05, 4.69) is 10.3 Å². The number of carbonyl (C=O) groups excluding carboxylic acids is 1. The Morgan fingerprint density at radius 2 is 1.77 bits per heavy atom. The number of carbonyl (C=O) groups is 3. The number of carboxylic acids is 2. The van der Waals surface area contributed by atoms with Gasteiger partial charge in [0.25, 0.3) is 11.6 Å². The Morgan fingerprint density at radius 1 is 1.09 bits per heavy atom. The Kier molecular flexibility index (Phi) is 6.21. The average molecular weight is 493 g/mol. The summed E-state index contributed by atoms with van der Waals surface area (Å²) in [4.78, 5) is 50.2. The van der Waals surface area contributed by atoms with Crippen LogP contribution >= 0.6 is 11.8 Å². The molecule has 3 aromatic rings. The standard InChI is InChI=1S/C23H15N3O8S/c1-11-2-4-16(17(6-11)26(32)33)18-5-3-15(34-18)10-19-20(27)25-23(35-19)24-14-8-12(21(28)29)7-13(9-14)22(30)31/h2-10H,1H3,(H,28,29)(H,30,31)(H,24,25,27)/b19-10+. The van der Waals surface area contributed by atoms with Gasteiger partial charge in [0.1, 0.15) is 11.5 Å². The molecule has 0 bridgehead atoms. The number of aryl methyl sites for hydroxylation is 1. The first-order valence-corrected chi connectivity index (χ1v) is 10.7. The Morgan fingerprint density at radius 3 is 2.40 bits per heavy atom. The summed E-state index contributed by atoms with van der Waals surface area (Å²) in [6.07, 6.45) is 1.43. The first kappa shape index (κ1) is 23.4. The molecule has 0 radical (unpaired) electrons. The summed E-state index contributed by atoms with van der Waals surface area (Å²) in [5.74, 6) is -2.61. The molecule has 3 N–H and O–H groups in total. The number of nitrogens with zero attached hydrogens (tertiary/aromatic N) is 2. The van der Waals surface area contributed by atoms with Gasteiger partial charge in [0.15, 0.2) is 5.17 Å². The molecule has 1 aliphatic heterocycles. The molecule has 1 aromatic heterocycles. The number of nitrogens with one attached hydrogen (secondary N) is 1. The summed E-state index contributed by atoms with van der Waals surface area (Å²) in [5.41, 5.74) is 0.432. The van der Waals surface area contributed by atoms with Crippen molar-refractivity contribution in [2.24, 2.45) is 4.99 Å². The summed E-state index contributed by atoms with van der Waals surface area (Å²) in [6, 6.07) is 11.2. The molecule has 0 saturated carbocycles. The number of benzene rings is 2. The lowest BCUT2D eigenvalue weighted by molar-refractivity contribution is -0.384. The fourth-order valence-electron chi connectivity index (χ4n) is 3.23. The third-order valence-electron chi connectivity index (χ3n) is 4.81. The van der Waals surface area contributed by atoms with Gasteiger partial charge in [-0.05, 0) is 60.6 Å². The Bertz CT molecular complexity index is 1440. The number of amides is 1. The fourth-order valence-corrected chi connectivity index (χ4v) is 4.05. The molecule has 2 aromatic carbocycles. The van der Waals surface area contributed by atoms with Crippen molar-refractivity contribution in [2.75, 3.05) is 0 Å². The number of carboxylic acid groups (broad SMARTS) is 2. The van der Waals surface area contributed by atoms with Gasteiger partial charge in [0, 0.05) is 12.1 Å². The molecule has 0 spiro atoms. The number of thioether (sulfide) groups is 1. The molecule has 12 heteroatoms.